The molecule has 0 fully saturated rings. The summed E-state index contributed by atoms with van der Waals surface area (Å²) in [6, 6.07) is 50.3. The van der Waals surface area contributed by atoms with Gasteiger partial charge in [0, 0.05) is 21.7 Å². The van der Waals surface area contributed by atoms with Crippen LogP contribution in [0.15, 0.2) is 140 Å². The molecule has 38 heavy (non-hydrogen) atoms. The molecule has 0 saturated heterocycles. The molecule has 0 saturated carbocycles. The van der Waals surface area contributed by atoms with Gasteiger partial charge in [-0.25, -0.2) is 4.98 Å². The minimum atomic E-state index is 1.03. The summed E-state index contributed by atoms with van der Waals surface area (Å²) in [5, 5.41) is 11.3. The molecule has 8 rings (SSSR count). The van der Waals surface area contributed by atoms with Gasteiger partial charge in [-0.1, -0.05) is 127 Å². The number of pyridine rings is 1. The fourth-order valence-electron chi connectivity index (χ4n) is 5.96. The van der Waals surface area contributed by atoms with Gasteiger partial charge < -0.3 is 0 Å². The molecule has 1 aromatic heterocycles. The van der Waals surface area contributed by atoms with E-state index in [9.17, 15) is 0 Å². The molecule has 0 aliphatic heterocycles. The number of hydrogen-bond acceptors (Lipinski definition) is 1. The van der Waals surface area contributed by atoms with Crippen molar-refractivity contribution >= 4 is 54.0 Å². The first kappa shape index (κ1) is 21.1. The second-order valence-electron chi connectivity index (χ2n) is 9.99. The maximum atomic E-state index is 5.15. The summed E-state index contributed by atoms with van der Waals surface area (Å²) < 4.78 is 0. The molecular formula is C37H23N. The van der Waals surface area contributed by atoms with Crippen LogP contribution in [0.5, 0.6) is 0 Å². The highest BCUT2D eigenvalue weighted by atomic mass is 14.7. The minimum Gasteiger partial charge on any atom is -0.247 e. The predicted molar refractivity (Wildman–Crippen MR) is 163 cm³/mol. The lowest BCUT2D eigenvalue weighted by molar-refractivity contribution is 1.43. The molecule has 0 aliphatic rings. The van der Waals surface area contributed by atoms with Gasteiger partial charge in [-0.05, 0) is 55.6 Å². The van der Waals surface area contributed by atoms with Crippen molar-refractivity contribution in [2.24, 2.45) is 0 Å². The third-order valence-electron chi connectivity index (χ3n) is 7.83. The topological polar surface area (TPSA) is 12.9 Å². The van der Waals surface area contributed by atoms with E-state index in [-0.39, 0.29) is 0 Å². The van der Waals surface area contributed by atoms with Gasteiger partial charge in [0.25, 0.3) is 0 Å². The fraction of sp³-hybridized carbons (Fsp3) is 0. The molecule has 1 heteroatoms. The summed E-state index contributed by atoms with van der Waals surface area (Å²) in [5.74, 6) is 0. The third kappa shape index (κ3) is 3.22. The van der Waals surface area contributed by atoms with Crippen molar-refractivity contribution in [1.82, 2.24) is 4.98 Å². The van der Waals surface area contributed by atoms with Crippen molar-refractivity contribution in [3.63, 3.8) is 0 Å². The smallest absolute Gasteiger partial charge is 0.0788 e. The Morgan fingerprint density at radius 2 is 0.895 bits per heavy atom. The zero-order chi connectivity index (χ0) is 25.1. The third-order valence-corrected chi connectivity index (χ3v) is 7.83. The van der Waals surface area contributed by atoms with Crippen molar-refractivity contribution < 1.29 is 0 Å². The van der Waals surface area contributed by atoms with Gasteiger partial charge in [-0.3, -0.25) is 0 Å². The lowest BCUT2D eigenvalue weighted by Gasteiger charge is -2.13. The van der Waals surface area contributed by atoms with Crippen molar-refractivity contribution in [2.45, 2.75) is 0 Å². The molecule has 0 bridgehead atoms. The normalized spacial score (nSPS) is 11.7. The van der Waals surface area contributed by atoms with E-state index in [4.69, 9.17) is 4.98 Å². The van der Waals surface area contributed by atoms with E-state index in [2.05, 4.69) is 140 Å². The molecule has 0 amide bonds. The average Bonchev–Trinajstić information content (AvgIpc) is 3.00. The second-order valence-corrected chi connectivity index (χ2v) is 9.99. The highest BCUT2D eigenvalue weighted by Gasteiger charge is 2.13. The van der Waals surface area contributed by atoms with Crippen molar-refractivity contribution in [1.29, 1.82) is 0 Å². The monoisotopic (exact) mass is 481 g/mol. The van der Waals surface area contributed by atoms with Gasteiger partial charge in [0.1, 0.15) is 0 Å². The van der Waals surface area contributed by atoms with Gasteiger partial charge in [-0.15, -0.1) is 0 Å². The lowest BCUT2D eigenvalue weighted by atomic mass is 9.94. The molecule has 1 nitrogen and oxygen atoms in total. The zero-order valence-corrected chi connectivity index (χ0v) is 20.7. The zero-order valence-electron chi connectivity index (χ0n) is 20.7. The number of fused-ring (bicyclic) bond motifs is 8. The van der Waals surface area contributed by atoms with Crippen LogP contribution in [0.1, 0.15) is 0 Å². The summed E-state index contributed by atoms with van der Waals surface area (Å²) in [6.45, 7) is 0. The number of rotatable bonds is 2. The van der Waals surface area contributed by atoms with Crippen LogP contribution in [0.3, 0.4) is 0 Å². The van der Waals surface area contributed by atoms with Crippen LogP contribution < -0.4 is 0 Å². The molecule has 176 valence electrons. The van der Waals surface area contributed by atoms with Crippen molar-refractivity contribution in [3.05, 3.63) is 140 Å². The van der Waals surface area contributed by atoms with Crippen molar-refractivity contribution in [2.75, 3.05) is 0 Å². The van der Waals surface area contributed by atoms with Crippen LogP contribution in [0.25, 0.3) is 76.4 Å². The SMILES string of the molecule is c1ccc2c(c1)ccc1cc(-c3ccc(-c4nc5ccccc5c5c4ccc4ccccc45)cc3)ccc12. The first-order valence-electron chi connectivity index (χ1n) is 13.1. The van der Waals surface area contributed by atoms with E-state index in [1.807, 2.05) is 0 Å². The molecule has 0 radical (unpaired) electrons. The predicted octanol–water partition coefficient (Wildman–Crippen LogP) is 10.2. The maximum Gasteiger partial charge on any atom is 0.0788 e. The standard InChI is InChI=1S/C37H23N/c1-3-9-30-25(7-1)15-18-29-23-28(20-21-31(29)30)24-13-16-27(17-14-24)37-34-22-19-26-8-2-4-10-32(26)36(34)33-11-5-6-12-35(33)38-37/h1-23H. The molecule has 0 spiro atoms. The van der Waals surface area contributed by atoms with Crippen molar-refractivity contribution in [3.8, 4) is 22.4 Å². The summed E-state index contributed by atoms with van der Waals surface area (Å²) >= 11 is 0. The summed E-state index contributed by atoms with van der Waals surface area (Å²) in [6.07, 6.45) is 0. The average molecular weight is 482 g/mol. The Labute approximate surface area is 220 Å². The fourth-order valence-corrected chi connectivity index (χ4v) is 5.96. The molecule has 8 aromatic rings. The maximum absolute atomic E-state index is 5.15. The molecule has 0 N–H and O–H groups in total. The van der Waals surface area contributed by atoms with Gasteiger partial charge >= 0.3 is 0 Å². The van der Waals surface area contributed by atoms with Gasteiger partial charge in [-0.2, -0.15) is 0 Å². The van der Waals surface area contributed by atoms with E-state index in [1.165, 1.54) is 59.6 Å². The van der Waals surface area contributed by atoms with E-state index in [0.29, 0.717) is 0 Å². The van der Waals surface area contributed by atoms with Crippen LogP contribution in [0.4, 0.5) is 0 Å². The first-order chi connectivity index (χ1) is 18.8. The molecule has 0 atom stereocenters. The van der Waals surface area contributed by atoms with E-state index < -0.39 is 0 Å². The summed E-state index contributed by atoms with van der Waals surface area (Å²) in [4.78, 5) is 5.15. The Kier molecular flexibility index (Phi) is 4.59. The summed E-state index contributed by atoms with van der Waals surface area (Å²) in [7, 11) is 0. The first-order valence-corrected chi connectivity index (χ1v) is 13.1. The van der Waals surface area contributed by atoms with Crippen LogP contribution in [-0.4, -0.2) is 4.98 Å². The minimum absolute atomic E-state index is 1.03. The molecule has 1 heterocycles. The largest absolute Gasteiger partial charge is 0.247 e. The van der Waals surface area contributed by atoms with Gasteiger partial charge in [0.2, 0.25) is 0 Å². The van der Waals surface area contributed by atoms with Crippen LogP contribution >= 0.6 is 0 Å². The van der Waals surface area contributed by atoms with Gasteiger partial charge in [0.15, 0.2) is 0 Å². The number of hydrogen-bond donors (Lipinski definition) is 0. The van der Waals surface area contributed by atoms with E-state index >= 15 is 0 Å². The van der Waals surface area contributed by atoms with Crippen LogP contribution in [0, 0.1) is 0 Å². The Bertz CT molecular complexity index is 2160. The van der Waals surface area contributed by atoms with E-state index in [0.717, 1.165) is 16.8 Å². The number of para-hydroxylation sites is 1. The number of benzene rings is 7. The highest BCUT2D eigenvalue weighted by molar-refractivity contribution is 6.22. The molecule has 0 unspecified atom stereocenters. The van der Waals surface area contributed by atoms with E-state index in [1.54, 1.807) is 0 Å². The molecule has 7 aromatic carbocycles. The number of nitrogens with zero attached hydrogens (tertiary/aromatic N) is 1. The Morgan fingerprint density at radius 1 is 0.342 bits per heavy atom. The molecular weight excluding hydrogens is 458 g/mol. The highest BCUT2D eigenvalue weighted by Crippen LogP contribution is 2.37. The molecule has 0 aliphatic carbocycles. The Morgan fingerprint density at radius 3 is 1.74 bits per heavy atom. The second kappa shape index (κ2) is 8.26. The van der Waals surface area contributed by atoms with Gasteiger partial charge in [0.05, 0.1) is 11.2 Å². The number of aromatic nitrogens is 1. The quantitative estimate of drug-likeness (QED) is 0.224. The summed E-state index contributed by atoms with van der Waals surface area (Å²) in [5.41, 5.74) is 5.62. The lowest BCUT2D eigenvalue weighted by Crippen LogP contribution is -1.91. The van der Waals surface area contributed by atoms with Crippen LogP contribution in [0.2, 0.25) is 0 Å². The Hall–Kier alpha value is -5.01. The van der Waals surface area contributed by atoms with Crippen LogP contribution in [-0.2, 0) is 0 Å². The Balaban J connectivity index is 1.28.